The van der Waals surface area contributed by atoms with Gasteiger partial charge in [0.25, 0.3) is 17.4 Å². The van der Waals surface area contributed by atoms with Gasteiger partial charge in [0.2, 0.25) is 5.91 Å². The van der Waals surface area contributed by atoms with E-state index in [0.717, 1.165) is 24.0 Å². The second-order valence-electron chi connectivity index (χ2n) is 10.2. The van der Waals surface area contributed by atoms with Crippen LogP contribution >= 0.6 is 0 Å². The van der Waals surface area contributed by atoms with E-state index in [1.807, 2.05) is 12.1 Å². The van der Waals surface area contributed by atoms with Crippen LogP contribution < -0.4 is 31.6 Å². The molecule has 0 aliphatic heterocycles. The van der Waals surface area contributed by atoms with Crippen LogP contribution in [-0.2, 0) is 23.2 Å². The fourth-order valence-electron chi connectivity index (χ4n) is 4.43. The number of para-hydroxylation sites is 1. The summed E-state index contributed by atoms with van der Waals surface area (Å²) in [5, 5.41) is 11.4. The molecule has 1 aromatic heterocycles. The van der Waals surface area contributed by atoms with Crippen molar-refractivity contribution < 1.29 is 19.1 Å². The Morgan fingerprint density at radius 3 is 2.45 bits per heavy atom. The number of aryl methyl sites for hydroxylation is 1. The van der Waals surface area contributed by atoms with Crippen molar-refractivity contribution in [3.8, 4) is 16.9 Å². The van der Waals surface area contributed by atoms with E-state index in [4.69, 9.17) is 4.74 Å². The molecule has 0 saturated heterocycles. The van der Waals surface area contributed by atoms with E-state index in [0.29, 0.717) is 28.3 Å². The molecule has 0 spiro atoms. The number of aliphatic imine (C=N–C) groups is 1. The molecule has 0 radical (unpaired) electrons. The fourth-order valence-corrected chi connectivity index (χ4v) is 4.43. The molecule has 11 heteroatoms. The molecule has 4 N–H and O–H groups in total. The summed E-state index contributed by atoms with van der Waals surface area (Å²) in [5.74, 6) is -0.0965. The Hall–Kier alpha value is -5.45. The number of anilines is 1. The first-order chi connectivity index (χ1) is 21.2. The van der Waals surface area contributed by atoms with Crippen LogP contribution in [-0.4, -0.2) is 49.3 Å². The number of hydrogen-bond acceptors (Lipinski definition) is 7. The molecule has 228 valence electrons. The van der Waals surface area contributed by atoms with Crippen molar-refractivity contribution in [2.45, 2.75) is 19.4 Å². The first-order valence-corrected chi connectivity index (χ1v) is 14.0. The van der Waals surface area contributed by atoms with Crippen molar-refractivity contribution in [1.82, 2.24) is 20.5 Å². The van der Waals surface area contributed by atoms with E-state index in [-0.39, 0.29) is 41.2 Å². The molecular weight excluding hydrogens is 560 g/mol. The summed E-state index contributed by atoms with van der Waals surface area (Å²) in [7, 11) is 6.24. The Kier molecular flexibility index (Phi) is 10.1. The average Bonchev–Trinajstić information content (AvgIpc) is 3.90. The van der Waals surface area contributed by atoms with Crippen LogP contribution in [0.25, 0.3) is 11.1 Å². The largest absolute Gasteiger partial charge is 0.494 e. The lowest BCUT2D eigenvalue weighted by Gasteiger charge is -2.18. The van der Waals surface area contributed by atoms with Gasteiger partial charge in [-0.15, -0.1) is 0 Å². The van der Waals surface area contributed by atoms with Gasteiger partial charge in [-0.05, 0) is 42.7 Å². The molecule has 0 atom stereocenters. The second-order valence-corrected chi connectivity index (χ2v) is 10.2. The van der Waals surface area contributed by atoms with E-state index >= 15 is 0 Å². The summed E-state index contributed by atoms with van der Waals surface area (Å²) in [6.45, 7) is 4.05. The van der Waals surface area contributed by atoms with Gasteiger partial charge in [0.05, 0.1) is 24.1 Å². The number of nitrogens with zero attached hydrogens (tertiary/aromatic N) is 2. The van der Waals surface area contributed by atoms with Crippen LogP contribution in [0.15, 0.2) is 94.5 Å². The Balaban J connectivity index is 1.57. The Bertz CT molecular complexity index is 1700. The van der Waals surface area contributed by atoms with E-state index in [9.17, 15) is 19.2 Å². The van der Waals surface area contributed by atoms with Crippen molar-refractivity contribution in [2.24, 2.45) is 18.0 Å². The summed E-state index contributed by atoms with van der Waals surface area (Å²) >= 11 is 0. The highest BCUT2D eigenvalue weighted by molar-refractivity contribution is 6.08. The Morgan fingerprint density at radius 1 is 1.09 bits per heavy atom. The van der Waals surface area contributed by atoms with E-state index in [2.05, 4.69) is 32.8 Å². The standard InChI is InChI=1S/C33H36N6O5/c1-20(30(40)35-3)27(18-28(34-2)38-32(42)23-15-16-23)37-26-10-6-9-25(29(26)44-5)21-11-13-22(14-12-21)31(41)36-19-24-8-7-17-39(4)33(24)43/h6-14,17-18,23,37H,1,15-16,19H2,2-5H3,(H,35,40)(H,36,41)(H,34,38,42)/b27-18+. The van der Waals surface area contributed by atoms with Crippen molar-refractivity contribution in [1.29, 1.82) is 0 Å². The third-order valence-corrected chi connectivity index (χ3v) is 7.14. The minimum atomic E-state index is -0.413. The number of methoxy groups -OCH3 is 1. The summed E-state index contributed by atoms with van der Waals surface area (Å²) < 4.78 is 7.25. The lowest BCUT2D eigenvalue weighted by atomic mass is 10.0. The highest BCUT2D eigenvalue weighted by Gasteiger charge is 2.30. The van der Waals surface area contributed by atoms with Gasteiger partial charge in [-0.1, -0.05) is 36.9 Å². The van der Waals surface area contributed by atoms with Gasteiger partial charge in [-0.3, -0.25) is 24.2 Å². The number of hydrogen-bond donors (Lipinski definition) is 4. The molecule has 3 aromatic rings. The molecule has 3 amide bonds. The highest BCUT2D eigenvalue weighted by atomic mass is 16.5. The summed E-state index contributed by atoms with van der Waals surface area (Å²) in [4.78, 5) is 54.1. The average molecular weight is 597 g/mol. The van der Waals surface area contributed by atoms with E-state index in [1.54, 1.807) is 68.8 Å². The highest BCUT2D eigenvalue weighted by Crippen LogP contribution is 2.37. The summed E-state index contributed by atoms with van der Waals surface area (Å²) in [5.41, 5.74) is 3.25. The van der Waals surface area contributed by atoms with Crippen LogP contribution in [0.2, 0.25) is 0 Å². The minimum absolute atomic E-state index is 0.0223. The van der Waals surface area contributed by atoms with Crippen LogP contribution in [0, 0.1) is 5.92 Å². The van der Waals surface area contributed by atoms with Crippen LogP contribution in [0.5, 0.6) is 5.75 Å². The summed E-state index contributed by atoms with van der Waals surface area (Å²) in [6, 6.07) is 15.9. The van der Waals surface area contributed by atoms with Crippen LogP contribution in [0.3, 0.4) is 0 Å². The number of aromatic nitrogens is 1. The van der Waals surface area contributed by atoms with Crippen molar-refractivity contribution in [2.75, 3.05) is 26.5 Å². The lowest BCUT2D eigenvalue weighted by molar-refractivity contribution is -0.120. The maximum absolute atomic E-state index is 12.8. The monoisotopic (exact) mass is 596 g/mol. The number of amides is 3. The zero-order chi connectivity index (χ0) is 31.8. The summed E-state index contributed by atoms with van der Waals surface area (Å²) in [6.07, 6.45) is 4.90. The first-order valence-electron chi connectivity index (χ1n) is 14.0. The number of carbonyl (C=O) groups is 3. The molecule has 1 aliphatic carbocycles. The molecule has 44 heavy (non-hydrogen) atoms. The van der Waals surface area contributed by atoms with Gasteiger partial charge in [0.15, 0.2) is 0 Å². The van der Waals surface area contributed by atoms with E-state index in [1.165, 1.54) is 18.7 Å². The first kappa shape index (κ1) is 31.5. The molecule has 1 fully saturated rings. The number of rotatable bonds is 11. The van der Waals surface area contributed by atoms with Crippen LogP contribution in [0.4, 0.5) is 5.69 Å². The third-order valence-electron chi connectivity index (χ3n) is 7.14. The quantitative estimate of drug-likeness (QED) is 0.116. The predicted molar refractivity (Wildman–Crippen MR) is 170 cm³/mol. The topological polar surface area (TPSA) is 143 Å². The van der Waals surface area contributed by atoms with Crippen molar-refractivity contribution in [3.05, 3.63) is 106 Å². The molecule has 2 aromatic carbocycles. The van der Waals surface area contributed by atoms with Gasteiger partial charge < -0.3 is 30.6 Å². The Labute approximate surface area is 255 Å². The maximum atomic E-state index is 12.8. The minimum Gasteiger partial charge on any atom is -0.494 e. The Morgan fingerprint density at radius 2 is 1.82 bits per heavy atom. The number of ether oxygens (including phenoxy) is 1. The van der Waals surface area contributed by atoms with E-state index < -0.39 is 5.91 Å². The number of amidine groups is 1. The second kappa shape index (κ2) is 14.1. The van der Waals surface area contributed by atoms with Gasteiger partial charge in [-0.25, -0.2) is 0 Å². The molecule has 1 saturated carbocycles. The predicted octanol–water partition coefficient (Wildman–Crippen LogP) is 3.14. The number of likely N-dealkylation sites (N-methyl/N-ethyl adjacent to an activating group) is 1. The third kappa shape index (κ3) is 7.49. The van der Waals surface area contributed by atoms with Crippen molar-refractivity contribution in [3.63, 3.8) is 0 Å². The lowest BCUT2D eigenvalue weighted by Crippen LogP contribution is -2.31. The number of nitrogens with one attached hydrogen (secondary N) is 4. The van der Waals surface area contributed by atoms with Gasteiger partial charge in [0.1, 0.15) is 11.6 Å². The number of carbonyl (C=O) groups excluding carboxylic acids is 3. The SMILES string of the molecule is C=C(C(=O)NC)/C(=C\C(=NC)NC(=O)C1CC1)Nc1cccc(-c2ccc(C(=O)NCc3cccn(C)c3=O)cc2)c1OC. The zero-order valence-corrected chi connectivity index (χ0v) is 25.2. The molecule has 11 nitrogen and oxygen atoms in total. The molecule has 1 heterocycles. The molecule has 0 bridgehead atoms. The maximum Gasteiger partial charge on any atom is 0.255 e. The van der Waals surface area contributed by atoms with Gasteiger partial charge in [0, 0.05) is 62.6 Å². The van der Waals surface area contributed by atoms with Gasteiger partial charge in [-0.2, -0.15) is 0 Å². The van der Waals surface area contributed by atoms with Crippen LogP contribution in [0.1, 0.15) is 28.8 Å². The molecule has 0 unspecified atom stereocenters. The smallest absolute Gasteiger partial charge is 0.255 e. The fraction of sp³-hybridized carbons (Fsp3) is 0.242. The van der Waals surface area contributed by atoms with Crippen molar-refractivity contribution >= 4 is 29.2 Å². The molecule has 4 rings (SSSR count). The number of pyridine rings is 1. The molecular formula is C33H36N6O5. The van der Waals surface area contributed by atoms with Gasteiger partial charge >= 0.3 is 0 Å². The number of benzene rings is 2. The zero-order valence-electron chi connectivity index (χ0n) is 25.2. The molecule has 1 aliphatic rings. The normalized spacial score (nSPS) is 13.1.